The normalized spacial score (nSPS) is 15.4. The maximum Gasteiger partial charge on any atom is 0.329 e. The highest BCUT2D eigenvalue weighted by Crippen LogP contribution is 2.06. The summed E-state index contributed by atoms with van der Waals surface area (Å²) in [5.41, 5.74) is 0. The van der Waals surface area contributed by atoms with E-state index >= 15 is 0 Å². The number of amides is 2. The first kappa shape index (κ1) is 15.7. The predicted molar refractivity (Wildman–Crippen MR) is 70.1 cm³/mol. The summed E-state index contributed by atoms with van der Waals surface area (Å²) >= 11 is 0. The molecule has 19 heavy (non-hydrogen) atoms. The summed E-state index contributed by atoms with van der Waals surface area (Å²) in [6.45, 7) is 4.21. The van der Waals surface area contributed by atoms with Crippen LogP contribution < -0.4 is 10.6 Å². The zero-order valence-corrected chi connectivity index (χ0v) is 11.2. The maximum absolute atomic E-state index is 11.3. The second-order valence-electron chi connectivity index (χ2n) is 4.53. The summed E-state index contributed by atoms with van der Waals surface area (Å²) in [5, 5.41) is 13.7. The molecular formula is C12H23N3O4. The van der Waals surface area contributed by atoms with Crippen molar-refractivity contribution in [1.82, 2.24) is 15.5 Å². The monoisotopic (exact) mass is 273 g/mol. The Morgan fingerprint density at radius 2 is 1.84 bits per heavy atom. The van der Waals surface area contributed by atoms with E-state index in [2.05, 4.69) is 15.5 Å². The van der Waals surface area contributed by atoms with E-state index in [1.165, 1.54) is 25.9 Å². The molecule has 0 radical (unpaired) electrons. The lowest BCUT2D eigenvalue weighted by molar-refractivity contribution is -0.142. The third kappa shape index (κ3) is 8.39. The molecule has 1 aliphatic rings. The first-order valence-electron chi connectivity index (χ1n) is 6.72. The molecular weight excluding hydrogens is 250 g/mol. The van der Waals surface area contributed by atoms with Gasteiger partial charge in [0.2, 0.25) is 0 Å². The number of likely N-dealkylation sites (tertiary alicyclic amines) is 1. The molecule has 1 heterocycles. The van der Waals surface area contributed by atoms with Crippen LogP contribution >= 0.6 is 0 Å². The van der Waals surface area contributed by atoms with Crippen molar-refractivity contribution in [3.8, 4) is 0 Å². The smallest absolute Gasteiger partial charge is 0.329 e. The van der Waals surface area contributed by atoms with E-state index in [-0.39, 0.29) is 19.2 Å². The van der Waals surface area contributed by atoms with Crippen LogP contribution in [0.5, 0.6) is 0 Å². The van der Waals surface area contributed by atoms with Crippen molar-refractivity contribution < 1.29 is 19.4 Å². The van der Waals surface area contributed by atoms with Crippen molar-refractivity contribution in [2.24, 2.45) is 0 Å². The molecule has 0 bridgehead atoms. The summed E-state index contributed by atoms with van der Waals surface area (Å²) in [5.74, 6) is -1.01. The van der Waals surface area contributed by atoms with Gasteiger partial charge in [-0.1, -0.05) is 0 Å². The molecule has 0 spiro atoms. The van der Waals surface area contributed by atoms with Crippen LogP contribution in [0.4, 0.5) is 4.79 Å². The van der Waals surface area contributed by atoms with Gasteiger partial charge < -0.3 is 25.4 Å². The van der Waals surface area contributed by atoms with E-state index in [4.69, 9.17) is 9.84 Å². The molecule has 1 saturated heterocycles. The zero-order chi connectivity index (χ0) is 13.9. The highest BCUT2D eigenvalue weighted by Gasteiger charge is 2.10. The van der Waals surface area contributed by atoms with Gasteiger partial charge in [-0.2, -0.15) is 0 Å². The third-order valence-corrected chi connectivity index (χ3v) is 2.89. The van der Waals surface area contributed by atoms with Crippen molar-refractivity contribution in [1.29, 1.82) is 0 Å². The number of ether oxygens (including phenoxy) is 1. The van der Waals surface area contributed by atoms with Crippen LogP contribution in [0.1, 0.15) is 19.3 Å². The minimum Gasteiger partial charge on any atom is -0.480 e. The number of carboxylic acids is 1. The lowest BCUT2D eigenvalue weighted by Gasteiger charge is -2.14. The van der Waals surface area contributed by atoms with E-state index in [9.17, 15) is 9.59 Å². The van der Waals surface area contributed by atoms with Gasteiger partial charge >= 0.3 is 12.0 Å². The number of urea groups is 1. The van der Waals surface area contributed by atoms with Crippen LogP contribution in [-0.4, -0.2) is 67.9 Å². The molecule has 1 fully saturated rings. The van der Waals surface area contributed by atoms with Gasteiger partial charge in [0.1, 0.15) is 6.61 Å². The molecule has 0 unspecified atom stereocenters. The van der Waals surface area contributed by atoms with Crippen LogP contribution in [0.15, 0.2) is 0 Å². The van der Waals surface area contributed by atoms with Crippen LogP contribution in [0.3, 0.4) is 0 Å². The van der Waals surface area contributed by atoms with Crippen molar-refractivity contribution in [3.05, 3.63) is 0 Å². The van der Waals surface area contributed by atoms with Crippen molar-refractivity contribution in [3.63, 3.8) is 0 Å². The molecule has 0 aromatic rings. The number of carbonyl (C=O) groups is 2. The number of aliphatic carboxylic acids is 1. The van der Waals surface area contributed by atoms with Crippen LogP contribution in [0.25, 0.3) is 0 Å². The molecule has 0 aliphatic carbocycles. The molecule has 1 aliphatic heterocycles. The third-order valence-electron chi connectivity index (χ3n) is 2.89. The van der Waals surface area contributed by atoms with Gasteiger partial charge in [-0.15, -0.1) is 0 Å². The van der Waals surface area contributed by atoms with Gasteiger partial charge in [0.15, 0.2) is 0 Å². The Labute approximate surface area is 113 Å². The minimum atomic E-state index is -1.01. The van der Waals surface area contributed by atoms with Gasteiger partial charge in [0.05, 0.1) is 6.61 Å². The number of hydrogen-bond acceptors (Lipinski definition) is 4. The van der Waals surface area contributed by atoms with Crippen LogP contribution in [0.2, 0.25) is 0 Å². The molecule has 2 amide bonds. The summed E-state index contributed by atoms with van der Waals surface area (Å²) in [7, 11) is 0. The molecule has 0 aromatic heterocycles. The molecule has 110 valence electrons. The number of carboxylic acid groups (broad SMARTS) is 1. The highest BCUT2D eigenvalue weighted by atomic mass is 16.5. The van der Waals surface area contributed by atoms with Gasteiger partial charge in [-0.05, 0) is 38.9 Å². The Morgan fingerprint density at radius 1 is 1.16 bits per heavy atom. The molecule has 7 nitrogen and oxygen atoms in total. The zero-order valence-electron chi connectivity index (χ0n) is 11.2. The highest BCUT2D eigenvalue weighted by molar-refractivity contribution is 5.73. The van der Waals surface area contributed by atoms with Crippen molar-refractivity contribution >= 4 is 12.0 Å². The van der Waals surface area contributed by atoms with Gasteiger partial charge in [0, 0.05) is 13.1 Å². The predicted octanol–water partition coefficient (Wildman–Crippen LogP) is -0.127. The number of nitrogens with one attached hydrogen (secondary N) is 2. The van der Waals surface area contributed by atoms with Crippen LogP contribution in [-0.2, 0) is 9.53 Å². The molecule has 3 N–H and O–H groups in total. The number of rotatable bonds is 9. The lowest BCUT2D eigenvalue weighted by atomic mass is 10.4. The van der Waals surface area contributed by atoms with E-state index in [1.807, 2.05) is 0 Å². The summed E-state index contributed by atoms with van der Waals surface area (Å²) in [6.07, 6.45) is 3.51. The van der Waals surface area contributed by atoms with Crippen molar-refractivity contribution in [2.45, 2.75) is 19.3 Å². The number of hydrogen-bond donors (Lipinski definition) is 3. The van der Waals surface area contributed by atoms with Gasteiger partial charge in [-0.25, -0.2) is 9.59 Å². The average molecular weight is 273 g/mol. The molecule has 0 atom stereocenters. The Bertz CT molecular complexity index is 280. The molecule has 1 rings (SSSR count). The van der Waals surface area contributed by atoms with Gasteiger partial charge in [-0.3, -0.25) is 0 Å². The largest absolute Gasteiger partial charge is 0.480 e. The topological polar surface area (TPSA) is 90.9 Å². The van der Waals surface area contributed by atoms with Crippen LogP contribution in [0, 0.1) is 0 Å². The second-order valence-corrected chi connectivity index (χ2v) is 4.53. The average Bonchev–Trinajstić information content (AvgIpc) is 2.87. The first-order valence-corrected chi connectivity index (χ1v) is 6.72. The minimum absolute atomic E-state index is 0.202. The SMILES string of the molecule is O=C(O)COCCNC(=O)NCCCN1CCCC1. The fourth-order valence-corrected chi connectivity index (χ4v) is 1.97. The van der Waals surface area contributed by atoms with E-state index < -0.39 is 5.97 Å². The fourth-order valence-electron chi connectivity index (χ4n) is 1.97. The second kappa shape index (κ2) is 9.57. The summed E-state index contributed by atoms with van der Waals surface area (Å²) in [4.78, 5) is 23.9. The summed E-state index contributed by atoms with van der Waals surface area (Å²) < 4.78 is 4.79. The quantitative estimate of drug-likeness (QED) is 0.509. The Kier molecular flexibility index (Phi) is 7.92. The summed E-state index contributed by atoms with van der Waals surface area (Å²) in [6, 6.07) is -0.236. The fraction of sp³-hybridized carbons (Fsp3) is 0.833. The number of carbonyl (C=O) groups excluding carboxylic acids is 1. The standard InChI is InChI=1S/C12H23N3O4/c16-11(17)10-19-9-5-14-12(18)13-4-3-8-15-6-1-2-7-15/h1-10H2,(H,16,17)(H2,13,14,18). The van der Waals surface area contributed by atoms with E-state index in [0.717, 1.165) is 13.0 Å². The first-order chi connectivity index (χ1) is 9.18. The Morgan fingerprint density at radius 3 is 2.53 bits per heavy atom. The molecule has 7 heteroatoms. The van der Waals surface area contributed by atoms with Crippen molar-refractivity contribution in [2.75, 3.05) is 45.9 Å². The maximum atomic E-state index is 11.3. The molecule has 0 saturated carbocycles. The number of nitrogens with zero attached hydrogens (tertiary/aromatic N) is 1. The van der Waals surface area contributed by atoms with E-state index in [1.54, 1.807) is 0 Å². The molecule has 0 aromatic carbocycles. The van der Waals surface area contributed by atoms with Gasteiger partial charge in [0.25, 0.3) is 0 Å². The van der Waals surface area contributed by atoms with E-state index in [0.29, 0.717) is 13.1 Å². The Balaban J connectivity index is 1.86. The lowest BCUT2D eigenvalue weighted by Crippen LogP contribution is -2.38. The Hall–Kier alpha value is -1.34.